The van der Waals surface area contributed by atoms with Crippen LogP contribution in [0.25, 0.3) is 0 Å². The second-order valence-corrected chi connectivity index (χ2v) is 11.7. The highest BCUT2D eigenvalue weighted by atomic mass is 32.2. The Balaban J connectivity index is 1.61. The molecule has 0 aromatic heterocycles. The van der Waals surface area contributed by atoms with E-state index in [4.69, 9.17) is 0 Å². The Kier molecular flexibility index (Phi) is 5.60. The van der Waals surface area contributed by atoms with Crippen LogP contribution in [-0.4, -0.2) is 81.3 Å². The first-order valence-electron chi connectivity index (χ1n) is 9.93. The quantitative estimate of drug-likeness (QED) is 0.721. The first-order chi connectivity index (χ1) is 12.5. The summed E-state index contributed by atoms with van der Waals surface area (Å²) in [6, 6.07) is -0.592. The van der Waals surface area contributed by atoms with Crippen LogP contribution in [0.4, 0.5) is 0 Å². The maximum Gasteiger partial charge on any atom is 0.228 e. The van der Waals surface area contributed by atoms with Gasteiger partial charge in [0.05, 0.1) is 23.5 Å². The number of hydrogen-bond acceptors (Lipinski definition) is 5. The highest BCUT2D eigenvalue weighted by Crippen LogP contribution is 2.51. The second-order valence-electron chi connectivity index (χ2n) is 9.57. The molecule has 0 bridgehead atoms. The molecular formula is C19H33N3O4S. The molecule has 1 aliphatic carbocycles. The van der Waals surface area contributed by atoms with Crippen molar-refractivity contribution in [2.24, 2.45) is 23.2 Å². The number of rotatable bonds is 5. The predicted octanol–water partition coefficient (Wildman–Crippen LogP) is 0.362. The third-order valence-corrected chi connectivity index (χ3v) is 8.11. The number of carbonyl (C=O) groups is 2. The zero-order valence-corrected chi connectivity index (χ0v) is 17.7. The lowest BCUT2D eigenvalue weighted by Gasteiger charge is -2.35. The van der Waals surface area contributed by atoms with Gasteiger partial charge in [0.1, 0.15) is 0 Å². The molecule has 154 valence electrons. The fourth-order valence-corrected chi connectivity index (χ4v) is 6.44. The molecular weight excluding hydrogens is 366 g/mol. The first-order valence-corrected chi connectivity index (χ1v) is 11.7. The van der Waals surface area contributed by atoms with Gasteiger partial charge in [-0.3, -0.25) is 9.59 Å². The van der Waals surface area contributed by atoms with E-state index in [1.54, 1.807) is 4.90 Å². The summed E-state index contributed by atoms with van der Waals surface area (Å²) >= 11 is 0. The molecule has 27 heavy (non-hydrogen) atoms. The smallest absolute Gasteiger partial charge is 0.228 e. The molecule has 2 amide bonds. The maximum atomic E-state index is 13.0. The van der Waals surface area contributed by atoms with E-state index in [1.807, 2.05) is 13.8 Å². The Morgan fingerprint density at radius 2 is 1.74 bits per heavy atom. The summed E-state index contributed by atoms with van der Waals surface area (Å²) in [7, 11) is 0.798. The van der Waals surface area contributed by atoms with Gasteiger partial charge in [-0.05, 0) is 44.7 Å². The molecule has 2 heterocycles. The van der Waals surface area contributed by atoms with Crippen LogP contribution < -0.4 is 5.32 Å². The average molecular weight is 400 g/mol. The molecule has 3 fully saturated rings. The summed E-state index contributed by atoms with van der Waals surface area (Å²) in [5, 5.41) is 2.88. The van der Waals surface area contributed by atoms with Crippen molar-refractivity contribution in [1.29, 1.82) is 0 Å². The van der Waals surface area contributed by atoms with Gasteiger partial charge in [0.15, 0.2) is 9.84 Å². The van der Waals surface area contributed by atoms with Crippen molar-refractivity contribution in [3.63, 3.8) is 0 Å². The second kappa shape index (κ2) is 7.35. The molecule has 3 rings (SSSR count). The summed E-state index contributed by atoms with van der Waals surface area (Å²) in [4.78, 5) is 29.4. The number of nitrogens with zero attached hydrogens (tertiary/aromatic N) is 2. The topological polar surface area (TPSA) is 86.8 Å². The molecule has 2 saturated heterocycles. The molecule has 3 atom stereocenters. The highest BCUT2D eigenvalue weighted by molar-refractivity contribution is 7.91. The van der Waals surface area contributed by atoms with Crippen molar-refractivity contribution in [1.82, 2.24) is 15.1 Å². The summed E-state index contributed by atoms with van der Waals surface area (Å²) in [6.45, 7) is 6.41. The normalized spacial score (nSPS) is 32.5. The van der Waals surface area contributed by atoms with Crippen LogP contribution in [0.2, 0.25) is 0 Å². The van der Waals surface area contributed by atoms with Gasteiger partial charge < -0.3 is 15.1 Å². The fourth-order valence-electron chi connectivity index (χ4n) is 4.52. The van der Waals surface area contributed by atoms with Crippen LogP contribution in [0.15, 0.2) is 0 Å². The maximum absolute atomic E-state index is 13.0. The zero-order valence-electron chi connectivity index (χ0n) is 16.9. The van der Waals surface area contributed by atoms with E-state index in [9.17, 15) is 18.0 Å². The van der Waals surface area contributed by atoms with E-state index >= 15 is 0 Å². The molecule has 1 N–H and O–H groups in total. The molecule has 8 heteroatoms. The minimum absolute atomic E-state index is 0.0185. The highest BCUT2D eigenvalue weighted by Gasteiger charge is 2.52. The Labute approximate surface area is 162 Å². The summed E-state index contributed by atoms with van der Waals surface area (Å²) < 4.78 is 24.4. The van der Waals surface area contributed by atoms with Crippen LogP contribution >= 0.6 is 0 Å². The Bertz CT molecular complexity index is 696. The van der Waals surface area contributed by atoms with Gasteiger partial charge >= 0.3 is 0 Å². The SMILES string of the molecule is CN(C)CC1CCN(C(=O)[C@@H]2CS(=O)(=O)C[C@H]2NC(=O)C2CC2(C)C)CC1. The van der Waals surface area contributed by atoms with Crippen molar-refractivity contribution in [3.8, 4) is 0 Å². The minimum Gasteiger partial charge on any atom is -0.351 e. The number of likely N-dealkylation sites (tertiary alicyclic amines) is 1. The van der Waals surface area contributed by atoms with Crippen molar-refractivity contribution in [2.75, 3.05) is 45.2 Å². The Hall–Kier alpha value is -1.15. The monoisotopic (exact) mass is 399 g/mol. The van der Waals surface area contributed by atoms with Crippen LogP contribution in [0.1, 0.15) is 33.1 Å². The van der Waals surface area contributed by atoms with Gasteiger partial charge in [-0.2, -0.15) is 0 Å². The van der Waals surface area contributed by atoms with E-state index in [2.05, 4.69) is 24.3 Å². The zero-order chi connectivity index (χ0) is 20.0. The largest absolute Gasteiger partial charge is 0.351 e. The molecule has 7 nitrogen and oxygen atoms in total. The number of carbonyl (C=O) groups excluding carboxylic acids is 2. The molecule has 0 radical (unpaired) electrons. The Morgan fingerprint density at radius 1 is 1.15 bits per heavy atom. The van der Waals surface area contributed by atoms with Crippen LogP contribution in [-0.2, 0) is 19.4 Å². The molecule has 3 aliphatic rings. The molecule has 0 spiro atoms. The van der Waals surface area contributed by atoms with Crippen LogP contribution in [0.3, 0.4) is 0 Å². The number of amides is 2. The van der Waals surface area contributed by atoms with Gasteiger partial charge in [-0.25, -0.2) is 8.42 Å². The Morgan fingerprint density at radius 3 is 2.26 bits per heavy atom. The average Bonchev–Trinajstić information content (AvgIpc) is 3.09. The van der Waals surface area contributed by atoms with Crippen LogP contribution in [0.5, 0.6) is 0 Å². The third-order valence-electron chi connectivity index (χ3n) is 6.38. The number of piperidine rings is 1. The molecule has 1 saturated carbocycles. The summed E-state index contributed by atoms with van der Waals surface area (Å²) in [6.07, 6.45) is 2.70. The number of hydrogen-bond donors (Lipinski definition) is 1. The summed E-state index contributed by atoms with van der Waals surface area (Å²) in [5.41, 5.74) is -0.0185. The minimum atomic E-state index is -3.30. The predicted molar refractivity (Wildman–Crippen MR) is 104 cm³/mol. The van der Waals surface area contributed by atoms with E-state index in [0.717, 1.165) is 25.8 Å². The third kappa shape index (κ3) is 4.83. The van der Waals surface area contributed by atoms with Crippen LogP contribution in [0, 0.1) is 23.2 Å². The molecule has 2 aliphatic heterocycles. The molecule has 0 aromatic carbocycles. The lowest BCUT2D eigenvalue weighted by atomic mass is 9.94. The van der Waals surface area contributed by atoms with Gasteiger partial charge in [0.25, 0.3) is 0 Å². The van der Waals surface area contributed by atoms with Gasteiger partial charge in [0.2, 0.25) is 11.8 Å². The van der Waals surface area contributed by atoms with Gasteiger partial charge in [-0.1, -0.05) is 13.8 Å². The van der Waals surface area contributed by atoms with Crippen molar-refractivity contribution >= 4 is 21.7 Å². The molecule has 1 unspecified atom stereocenters. The van der Waals surface area contributed by atoms with E-state index < -0.39 is 21.8 Å². The summed E-state index contributed by atoms with van der Waals surface area (Å²) in [5.74, 6) is -0.639. The lowest BCUT2D eigenvalue weighted by Crippen LogP contribution is -2.50. The van der Waals surface area contributed by atoms with Crippen molar-refractivity contribution < 1.29 is 18.0 Å². The van der Waals surface area contributed by atoms with Gasteiger partial charge in [-0.15, -0.1) is 0 Å². The van der Waals surface area contributed by atoms with Crippen molar-refractivity contribution in [2.45, 2.75) is 39.2 Å². The molecule has 0 aromatic rings. The van der Waals surface area contributed by atoms with Gasteiger partial charge in [0, 0.05) is 25.6 Å². The van der Waals surface area contributed by atoms with Crippen molar-refractivity contribution in [3.05, 3.63) is 0 Å². The van der Waals surface area contributed by atoms with E-state index in [-0.39, 0.29) is 34.7 Å². The standard InChI is InChI=1S/C19H33N3O4S/c1-19(2)9-15(19)17(23)20-16-12-27(25,26)11-14(16)18(24)22-7-5-13(6-8-22)10-21(3)4/h13-16H,5-12H2,1-4H3,(H,20,23)/t14-,15?,16-/m1/s1. The number of nitrogens with one attached hydrogen (secondary N) is 1. The van der Waals surface area contributed by atoms with E-state index in [0.29, 0.717) is 19.0 Å². The number of sulfone groups is 1. The lowest BCUT2D eigenvalue weighted by molar-refractivity contribution is -0.137. The van der Waals surface area contributed by atoms with E-state index in [1.165, 1.54) is 0 Å². The fraction of sp³-hybridized carbons (Fsp3) is 0.895. The first kappa shape index (κ1) is 20.6.